The predicted octanol–water partition coefficient (Wildman–Crippen LogP) is 3.31. The first kappa shape index (κ1) is 21.9. The lowest BCUT2D eigenvalue weighted by molar-refractivity contribution is -0.122. The van der Waals surface area contributed by atoms with Crippen LogP contribution in [0.4, 0.5) is 5.69 Å². The van der Waals surface area contributed by atoms with Crippen molar-refractivity contribution in [3.8, 4) is 5.69 Å². The van der Waals surface area contributed by atoms with Gasteiger partial charge in [-0.3, -0.25) is 9.10 Å². The largest absolute Gasteiger partial charge is 0.350 e. The molecule has 1 amide bonds. The number of nitrogens with zero attached hydrogens (tertiary/aromatic N) is 3. The molecule has 0 aliphatic carbocycles. The van der Waals surface area contributed by atoms with Gasteiger partial charge in [-0.25, -0.2) is 13.4 Å². The Bertz CT molecular complexity index is 1150. The number of carbonyl (C=O) groups is 1. The number of para-hydroxylation sites is 1. The zero-order chi connectivity index (χ0) is 21.9. The van der Waals surface area contributed by atoms with Crippen molar-refractivity contribution in [3.05, 3.63) is 77.3 Å². The molecule has 0 fully saturated rings. The number of hydrogen-bond acceptors (Lipinski definition) is 4. The van der Waals surface area contributed by atoms with Crippen LogP contribution >= 0.6 is 11.6 Å². The molecule has 0 radical (unpaired) electrons. The quantitative estimate of drug-likeness (QED) is 0.603. The summed E-state index contributed by atoms with van der Waals surface area (Å²) in [5.74, 6) is -0.416. The molecule has 158 valence electrons. The monoisotopic (exact) mass is 446 g/mol. The first-order chi connectivity index (χ1) is 14.2. The first-order valence-corrected chi connectivity index (χ1v) is 11.5. The van der Waals surface area contributed by atoms with E-state index in [2.05, 4.69) is 10.3 Å². The summed E-state index contributed by atoms with van der Waals surface area (Å²) < 4.78 is 28.0. The lowest BCUT2D eigenvalue weighted by atomic mass is 10.1. The Hall–Kier alpha value is -2.84. The molecule has 2 aromatic carbocycles. The van der Waals surface area contributed by atoms with Crippen LogP contribution < -0.4 is 9.62 Å². The van der Waals surface area contributed by atoms with Crippen molar-refractivity contribution in [3.63, 3.8) is 0 Å². The molecule has 0 bridgehead atoms. The molecule has 1 N–H and O–H groups in total. The molecule has 0 saturated carbocycles. The third kappa shape index (κ3) is 4.83. The molecule has 30 heavy (non-hydrogen) atoms. The van der Waals surface area contributed by atoms with Gasteiger partial charge in [-0.1, -0.05) is 35.9 Å². The molecule has 1 heterocycles. The number of amides is 1. The SMILES string of the molecule is Cc1ccc(Cl)cc1N([C@H](C)C(=O)NCc1ccccc1-n1ccnc1)S(C)(=O)=O. The fraction of sp³-hybridized carbons (Fsp3) is 0.238. The maximum absolute atomic E-state index is 12.9. The topological polar surface area (TPSA) is 84.3 Å². The highest BCUT2D eigenvalue weighted by Gasteiger charge is 2.30. The number of halogens is 1. The maximum atomic E-state index is 12.9. The molecular formula is C21H23ClN4O3S. The minimum Gasteiger partial charge on any atom is -0.350 e. The van der Waals surface area contributed by atoms with Crippen LogP contribution in [0.15, 0.2) is 61.2 Å². The second kappa shape index (κ2) is 8.89. The van der Waals surface area contributed by atoms with E-state index in [1.807, 2.05) is 35.0 Å². The predicted molar refractivity (Wildman–Crippen MR) is 118 cm³/mol. The number of sulfonamides is 1. The fourth-order valence-corrected chi connectivity index (χ4v) is 4.64. The van der Waals surface area contributed by atoms with Gasteiger partial charge in [0.05, 0.1) is 24.0 Å². The number of hydrogen-bond donors (Lipinski definition) is 1. The third-order valence-corrected chi connectivity index (χ3v) is 6.19. The minimum absolute atomic E-state index is 0.240. The summed E-state index contributed by atoms with van der Waals surface area (Å²) in [6.45, 7) is 3.57. The summed E-state index contributed by atoms with van der Waals surface area (Å²) in [4.78, 5) is 17.0. The van der Waals surface area contributed by atoms with E-state index >= 15 is 0 Å². The Morgan fingerprint density at radius 2 is 2.00 bits per heavy atom. The van der Waals surface area contributed by atoms with Crippen molar-refractivity contribution in [2.75, 3.05) is 10.6 Å². The highest BCUT2D eigenvalue weighted by molar-refractivity contribution is 7.92. The molecule has 9 heteroatoms. The van der Waals surface area contributed by atoms with E-state index < -0.39 is 22.0 Å². The van der Waals surface area contributed by atoms with Crippen molar-refractivity contribution in [1.29, 1.82) is 0 Å². The van der Waals surface area contributed by atoms with Crippen LogP contribution in [0.2, 0.25) is 5.02 Å². The van der Waals surface area contributed by atoms with Gasteiger partial charge in [0.15, 0.2) is 0 Å². The number of benzene rings is 2. The van der Waals surface area contributed by atoms with E-state index in [1.165, 1.54) is 0 Å². The Kier molecular flexibility index (Phi) is 6.48. The van der Waals surface area contributed by atoms with E-state index in [-0.39, 0.29) is 6.54 Å². The van der Waals surface area contributed by atoms with Gasteiger partial charge in [0.1, 0.15) is 6.04 Å². The zero-order valence-corrected chi connectivity index (χ0v) is 18.5. The van der Waals surface area contributed by atoms with Crippen LogP contribution in [0.5, 0.6) is 0 Å². The van der Waals surface area contributed by atoms with Crippen LogP contribution in [-0.4, -0.2) is 36.2 Å². The molecule has 0 aliphatic rings. The number of nitrogens with one attached hydrogen (secondary N) is 1. The number of anilines is 1. The average molecular weight is 447 g/mol. The van der Waals surface area contributed by atoms with Gasteiger partial charge in [0, 0.05) is 24.0 Å². The van der Waals surface area contributed by atoms with Gasteiger partial charge in [-0.15, -0.1) is 0 Å². The minimum atomic E-state index is -3.73. The van der Waals surface area contributed by atoms with E-state index in [9.17, 15) is 13.2 Å². The number of rotatable bonds is 7. The second-order valence-electron chi connectivity index (χ2n) is 6.98. The van der Waals surface area contributed by atoms with Crippen molar-refractivity contribution >= 4 is 33.2 Å². The molecule has 0 unspecified atom stereocenters. The van der Waals surface area contributed by atoms with Gasteiger partial charge >= 0.3 is 0 Å². The summed E-state index contributed by atoms with van der Waals surface area (Å²) >= 11 is 6.07. The van der Waals surface area contributed by atoms with E-state index in [0.29, 0.717) is 16.3 Å². The molecule has 0 spiro atoms. The van der Waals surface area contributed by atoms with Crippen LogP contribution in [-0.2, 0) is 21.4 Å². The van der Waals surface area contributed by atoms with Gasteiger partial charge in [0.2, 0.25) is 15.9 Å². The van der Waals surface area contributed by atoms with Crippen LogP contribution in [0, 0.1) is 6.92 Å². The molecule has 0 aliphatic heterocycles. The summed E-state index contributed by atoms with van der Waals surface area (Å²) in [7, 11) is -3.73. The van der Waals surface area contributed by atoms with Gasteiger partial charge in [-0.05, 0) is 43.2 Å². The number of imidazole rings is 1. The standard InChI is InChI=1S/C21H23ClN4O3S/c1-15-8-9-18(22)12-20(15)26(30(3,28)29)16(2)21(27)24-13-17-6-4-5-7-19(17)25-11-10-23-14-25/h4-12,14,16H,13H2,1-3H3,(H,24,27)/t16-/m1/s1. The molecule has 1 atom stereocenters. The summed E-state index contributed by atoms with van der Waals surface area (Å²) in [6, 6.07) is 11.6. The Morgan fingerprint density at radius 1 is 1.27 bits per heavy atom. The van der Waals surface area contributed by atoms with E-state index in [0.717, 1.165) is 21.8 Å². The number of aromatic nitrogens is 2. The lowest BCUT2D eigenvalue weighted by Gasteiger charge is -2.29. The number of aryl methyl sites for hydroxylation is 1. The van der Waals surface area contributed by atoms with Gasteiger partial charge in [-0.2, -0.15) is 0 Å². The normalized spacial score (nSPS) is 12.4. The highest BCUT2D eigenvalue weighted by Crippen LogP contribution is 2.28. The van der Waals surface area contributed by atoms with Crippen molar-refractivity contribution in [2.24, 2.45) is 0 Å². The van der Waals surface area contributed by atoms with Crippen LogP contribution in [0.1, 0.15) is 18.1 Å². The van der Waals surface area contributed by atoms with Crippen LogP contribution in [0.3, 0.4) is 0 Å². The smallest absolute Gasteiger partial charge is 0.243 e. The summed E-state index contributed by atoms with van der Waals surface area (Å²) in [6.07, 6.45) is 6.24. The third-order valence-electron chi connectivity index (χ3n) is 4.72. The molecule has 0 saturated heterocycles. The Morgan fingerprint density at radius 3 is 2.67 bits per heavy atom. The number of carbonyl (C=O) groups excluding carboxylic acids is 1. The zero-order valence-electron chi connectivity index (χ0n) is 16.9. The van der Waals surface area contributed by atoms with Gasteiger partial charge in [0.25, 0.3) is 0 Å². The molecule has 3 aromatic rings. The van der Waals surface area contributed by atoms with E-state index in [1.54, 1.807) is 44.6 Å². The summed E-state index contributed by atoms with van der Waals surface area (Å²) in [5.41, 5.74) is 2.84. The molecular weight excluding hydrogens is 424 g/mol. The highest BCUT2D eigenvalue weighted by atomic mass is 35.5. The molecule has 7 nitrogen and oxygen atoms in total. The molecule has 1 aromatic heterocycles. The van der Waals surface area contributed by atoms with Crippen LogP contribution in [0.25, 0.3) is 5.69 Å². The van der Waals surface area contributed by atoms with Crippen molar-refractivity contribution < 1.29 is 13.2 Å². The van der Waals surface area contributed by atoms with Crippen molar-refractivity contribution in [2.45, 2.75) is 26.4 Å². The van der Waals surface area contributed by atoms with Gasteiger partial charge < -0.3 is 9.88 Å². The first-order valence-electron chi connectivity index (χ1n) is 9.28. The Balaban J connectivity index is 1.83. The second-order valence-corrected chi connectivity index (χ2v) is 9.28. The van der Waals surface area contributed by atoms with Crippen molar-refractivity contribution in [1.82, 2.24) is 14.9 Å². The Labute approximate surface area is 181 Å². The lowest BCUT2D eigenvalue weighted by Crippen LogP contribution is -2.48. The molecule has 3 rings (SSSR count). The maximum Gasteiger partial charge on any atom is 0.243 e. The van der Waals surface area contributed by atoms with E-state index in [4.69, 9.17) is 11.6 Å². The summed E-state index contributed by atoms with van der Waals surface area (Å²) in [5, 5.41) is 3.24. The average Bonchev–Trinajstić information content (AvgIpc) is 3.22. The fourth-order valence-electron chi connectivity index (χ4n) is 3.24.